The molecule has 0 aliphatic carbocycles. The minimum absolute atomic E-state index is 0.166. The zero-order valence-electron chi connectivity index (χ0n) is 21.8. The molecule has 0 spiro atoms. The molecule has 2 amide bonds. The average molecular weight is 515 g/mol. The molecule has 3 atom stereocenters. The maximum atomic E-state index is 12.7. The summed E-state index contributed by atoms with van der Waals surface area (Å²) in [5.41, 5.74) is 2.27. The highest BCUT2D eigenvalue weighted by atomic mass is 31.0. The van der Waals surface area contributed by atoms with Crippen molar-refractivity contribution in [2.24, 2.45) is 0 Å². The van der Waals surface area contributed by atoms with E-state index in [-0.39, 0.29) is 18.9 Å². The number of carbonyl (C=O) groups is 2. The summed E-state index contributed by atoms with van der Waals surface area (Å²) in [5, 5.41) is 16.8. The van der Waals surface area contributed by atoms with Gasteiger partial charge in [-0.25, -0.2) is 4.79 Å². The van der Waals surface area contributed by atoms with Crippen LogP contribution in [0, 0.1) is 13.8 Å². The van der Waals surface area contributed by atoms with Crippen molar-refractivity contribution in [3.05, 3.63) is 65.2 Å². The molecule has 0 aliphatic heterocycles. The number of aliphatic hydroxyl groups is 1. The molecule has 0 fully saturated rings. The largest absolute Gasteiger partial charge is 0.483 e. The van der Waals surface area contributed by atoms with Crippen molar-refractivity contribution in [3.63, 3.8) is 0 Å². The molecule has 0 heterocycles. The van der Waals surface area contributed by atoms with Crippen LogP contribution in [0.2, 0.25) is 0 Å². The van der Waals surface area contributed by atoms with Gasteiger partial charge in [-0.05, 0) is 70.6 Å². The predicted molar refractivity (Wildman–Crippen MR) is 146 cm³/mol. The van der Waals surface area contributed by atoms with Gasteiger partial charge in [0.1, 0.15) is 11.4 Å². The molecule has 36 heavy (non-hydrogen) atoms. The minimum atomic E-state index is -0.926. The first-order valence-corrected chi connectivity index (χ1v) is 12.7. The van der Waals surface area contributed by atoms with Crippen molar-refractivity contribution in [3.8, 4) is 5.75 Å². The van der Waals surface area contributed by atoms with Gasteiger partial charge in [0.25, 0.3) is 5.91 Å². The van der Waals surface area contributed by atoms with Gasteiger partial charge in [-0.3, -0.25) is 4.79 Å². The van der Waals surface area contributed by atoms with Crippen LogP contribution in [0.3, 0.4) is 0 Å². The Morgan fingerprint density at radius 3 is 2.25 bits per heavy atom. The van der Waals surface area contributed by atoms with Crippen molar-refractivity contribution < 1.29 is 24.2 Å². The van der Waals surface area contributed by atoms with Crippen molar-refractivity contribution in [2.45, 2.75) is 77.7 Å². The van der Waals surface area contributed by atoms with Gasteiger partial charge in [-0.15, -0.1) is 8.86 Å². The molecule has 2 aromatic carbocycles. The van der Waals surface area contributed by atoms with E-state index in [0.717, 1.165) is 16.7 Å². The number of nitrogens with one attached hydrogen (secondary N) is 2. The molecular weight excluding hydrogens is 475 g/mol. The highest BCUT2D eigenvalue weighted by Gasteiger charge is 2.27. The molecule has 0 saturated heterocycles. The Morgan fingerprint density at radius 1 is 1.03 bits per heavy atom. The van der Waals surface area contributed by atoms with Crippen LogP contribution in [0.5, 0.6) is 5.75 Å². The van der Waals surface area contributed by atoms with E-state index in [1.165, 1.54) is 0 Å². The Labute approximate surface area is 216 Å². The molecular formula is C28H39N2O5P. The first-order chi connectivity index (χ1) is 17.0. The number of carbonyl (C=O) groups excluding carboxylic acids is 2. The minimum Gasteiger partial charge on any atom is -0.483 e. The number of benzene rings is 2. The van der Waals surface area contributed by atoms with E-state index in [4.69, 9.17) is 9.47 Å². The molecule has 196 valence electrons. The summed E-state index contributed by atoms with van der Waals surface area (Å²) in [6.07, 6.45) is -0.366. The lowest BCUT2D eigenvalue weighted by Crippen LogP contribution is -2.49. The lowest BCUT2D eigenvalue weighted by Gasteiger charge is -2.28. The SMILES string of the molecule is Cc1cccc(C)c1OCC(=O)N[C@@H](CC=P)C(O)C[C@H](Cc1ccccc1)NC(=O)OC(C)(C)C. The third kappa shape index (κ3) is 10.4. The summed E-state index contributed by atoms with van der Waals surface area (Å²) in [5.74, 6) is 2.05. The fraction of sp³-hybridized carbons (Fsp3) is 0.464. The number of aliphatic hydroxyl groups excluding tert-OH is 1. The zero-order valence-corrected chi connectivity index (χ0v) is 22.8. The molecule has 0 aliphatic rings. The lowest BCUT2D eigenvalue weighted by atomic mass is 9.96. The van der Waals surface area contributed by atoms with Crippen LogP contribution < -0.4 is 15.4 Å². The molecule has 2 aromatic rings. The summed E-state index contributed by atoms with van der Waals surface area (Å²) in [4.78, 5) is 25.1. The second-order valence-electron chi connectivity index (χ2n) is 9.96. The molecule has 1 unspecified atom stereocenters. The van der Waals surface area contributed by atoms with Gasteiger partial charge in [0.05, 0.1) is 12.1 Å². The van der Waals surface area contributed by atoms with E-state index in [1.54, 1.807) is 26.6 Å². The van der Waals surface area contributed by atoms with Crippen LogP contribution in [0.1, 0.15) is 50.3 Å². The molecule has 0 radical (unpaired) electrons. The fourth-order valence-corrected chi connectivity index (χ4v) is 4.13. The van der Waals surface area contributed by atoms with Gasteiger partial charge in [-0.2, -0.15) is 0 Å². The number of rotatable bonds is 12. The van der Waals surface area contributed by atoms with E-state index in [1.807, 2.05) is 62.4 Å². The first-order valence-electron chi connectivity index (χ1n) is 12.2. The summed E-state index contributed by atoms with van der Waals surface area (Å²) in [6.45, 7) is 9.08. The summed E-state index contributed by atoms with van der Waals surface area (Å²) in [7, 11) is 3.34. The highest BCUT2D eigenvalue weighted by molar-refractivity contribution is 7.18. The van der Waals surface area contributed by atoms with Crippen LogP contribution in [-0.2, 0) is 16.0 Å². The van der Waals surface area contributed by atoms with Gasteiger partial charge in [0.15, 0.2) is 6.61 Å². The molecule has 0 aromatic heterocycles. The van der Waals surface area contributed by atoms with Crippen LogP contribution in [0.4, 0.5) is 4.79 Å². The number of para-hydroxylation sites is 1. The summed E-state index contributed by atoms with van der Waals surface area (Å²) >= 11 is 0. The van der Waals surface area contributed by atoms with Crippen molar-refractivity contribution >= 4 is 26.7 Å². The number of hydrogen-bond acceptors (Lipinski definition) is 5. The lowest BCUT2D eigenvalue weighted by molar-refractivity contribution is -0.124. The Kier molecular flexibility index (Phi) is 11.4. The van der Waals surface area contributed by atoms with Gasteiger partial charge in [-0.1, -0.05) is 54.3 Å². The van der Waals surface area contributed by atoms with Gasteiger partial charge >= 0.3 is 6.09 Å². The van der Waals surface area contributed by atoms with E-state index in [0.29, 0.717) is 18.6 Å². The van der Waals surface area contributed by atoms with Gasteiger partial charge in [0, 0.05) is 6.04 Å². The molecule has 0 saturated carbocycles. The van der Waals surface area contributed by atoms with Gasteiger partial charge < -0.3 is 25.2 Å². The van der Waals surface area contributed by atoms with E-state index >= 15 is 0 Å². The van der Waals surface area contributed by atoms with Crippen LogP contribution in [0.15, 0.2) is 48.5 Å². The molecule has 3 N–H and O–H groups in total. The Balaban J connectivity index is 2.05. The number of amides is 2. The van der Waals surface area contributed by atoms with E-state index < -0.39 is 29.9 Å². The fourth-order valence-electron chi connectivity index (χ4n) is 3.87. The topological polar surface area (TPSA) is 96.9 Å². The van der Waals surface area contributed by atoms with Crippen molar-refractivity contribution in [1.82, 2.24) is 10.6 Å². The Hall–Kier alpha value is -2.89. The molecule has 2 rings (SSSR count). The highest BCUT2D eigenvalue weighted by Crippen LogP contribution is 2.22. The Morgan fingerprint density at radius 2 is 1.67 bits per heavy atom. The van der Waals surface area contributed by atoms with E-state index in [9.17, 15) is 14.7 Å². The normalized spacial score (nSPS) is 13.7. The zero-order chi connectivity index (χ0) is 26.7. The van der Waals surface area contributed by atoms with Crippen LogP contribution >= 0.6 is 8.86 Å². The monoisotopic (exact) mass is 514 g/mol. The van der Waals surface area contributed by atoms with Crippen molar-refractivity contribution in [2.75, 3.05) is 6.61 Å². The smallest absolute Gasteiger partial charge is 0.407 e. The van der Waals surface area contributed by atoms with Crippen LogP contribution in [0.25, 0.3) is 0 Å². The number of ether oxygens (including phenoxy) is 2. The molecule has 7 nitrogen and oxygen atoms in total. The van der Waals surface area contributed by atoms with E-state index in [2.05, 4.69) is 19.5 Å². The maximum absolute atomic E-state index is 12.7. The predicted octanol–water partition coefficient (Wildman–Crippen LogP) is 4.39. The van der Waals surface area contributed by atoms with Crippen LogP contribution in [-0.4, -0.2) is 53.3 Å². The standard InChI is InChI=1S/C28H39N2O5P/c1-19-10-9-11-20(2)26(19)34-18-25(32)30-23(14-15-36)24(31)17-22(16-21-12-7-6-8-13-21)29-27(33)35-28(3,4)5/h6-13,15,22-24,31,36H,14,16-18H2,1-5H3,(H,29,33)(H,30,32)/t22-,23-,24?/m0/s1. The summed E-state index contributed by atoms with van der Waals surface area (Å²) < 4.78 is 11.2. The third-order valence-electron chi connectivity index (χ3n) is 5.51. The first kappa shape index (κ1) is 29.3. The maximum Gasteiger partial charge on any atom is 0.407 e. The second kappa shape index (κ2) is 14.0. The molecule has 8 heteroatoms. The van der Waals surface area contributed by atoms with Crippen molar-refractivity contribution in [1.29, 1.82) is 0 Å². The summed E-state index contributed by atoms with van der Waals surface area (Å²) in [6, 6.07) is 14.5. The second-order valence-corrected chi connectivity index (χ2v) is 10.4. The average Bonchev–Trinajstić information content (AvgIpc) is 2.77. The number of aryl methyl sites for hydroxylation is 2. The number of hydrogen-bond donors (Lipinski definition) is 3. The quantitative estimate of drug-likeness (QED) is 0.365. The molecule has 0 bridgehead atoms. The van der Waals surface area contributed by atoms with Gasteiger partial charge in [0.2, 0.25) is 0 Å². The third-order valence-corrected chi connectivity index (χ3v) is 5.75. The Bertz CT molecular complexity index is 986. The number of alkyl carbamates (subject to hydrolysis) is 1.